The lowest BCUT2D eigenvalue weighted by molar-refractivity contribution is -0.138. The van der Waals surface area contributed by atoms with Crippen molar-refractivity contribution >= 4 is 0 Å². The summed E-state index contributed by atoms with van der Waals surface area (Å²) in [5.74, 6) is -0.0741. The average Bonchev–Trinajstić information content (AvgIpc) is 2.08. The molecule has 0 amide bonds. The molecule has 4 heteroatoms. The van der Waals surface area contributed by atoms with Crippen molar-refractivity contribution in [3.8, 4) is 0 Å². The van der Waals surface area contributed by atoms with Crippen LogP contribution in [0.1, 0.15) is 16.9 Å². The third kappa shape index (κ3) is 1.39. The van der Waals surface area contributed by atoms with E-state index < -0.39 is 11.7 Å². The number of hydrogen-bond acceptors (Lipinski definition) is 1. The smallest absolute Gasteiger partial charge is 0.420 e. The van der Waals surface area contributed by atoms with Gasteiger partial charge < -0.3 is 4.42 Å². The minimum absolute atomic E-state index is 0.0741. The van der Waals surface area contributed by atoms with Crippen LogP contribution in [0.3, 0.4) is 0 Å². The number of aryl methyl sites for hydroxylation is 2. The maximum atomic E-state index is 12.1. The largest absolute Gasteiger partial charge is 0.469 e. The Labute approximate surface area is 61.8 Å². The fourth-order valence-electron chi connectivity index (χ4n) is 0.995. The van der Waals surface area contributed by atoms with Crippen molar-refractivity contribution in [1.82, 2.24) is 0 Å². The Morgan fingerprint density at radius 3 is 2.00 bits per heavy atom. The van der Waals surface area contributed by atoms with Crippen LogP contribution in [0.4, 0.5) is 13.2 Å². The van der Waals surface area contributed by atoms with E-state index in [1.165, 1.54) is 13.8 Å². The van der Waals surface area contributed by atoms with Gasteiger partial charge in [-0.3, -0.25) is 0 Å². The molecular weight excluding hydrogens is 157 g/mol. The molecule has 0 aliphatic rings. The second-order valence-corrected chi connectivity index (χ2v) is 2.35. The van der Waals surface area contributed by atoms with Crippen molar-refractivity contribution in [1.29, 1.82) is 0 Å². The highest BCUT2D eigenvalue weighted by Crippen LogP contribution is 2.34. The molecule has 1 aromatic heterocycles. The molecule has 0 aromatic carbocycles. The predicted molar refractivity (Wildman–Crippen MR) is 33.2 cm³/mol. The van der Waals surface area contributed by atoms with Gasteiger partial charge in [-0.2, -0.15) is 13.2 Å². The lowest BCUT2D eigenvalue weighted by Crippen LogP contribution is -2.06. The zero-order chi connectivity index (χ0) is 8.65. The highest BCUT2D eigenvalue weighted by molar-refractivity contribution is 5.28. The van der Waals surface area contributed by atoms with Gasteiger partial charge >= 0.3 is 6.18 Å². The monoisotopic (exact) mass is 164 g/mol. The first-order valence-electron chi connectivity index (χ1n) is 3.05. The fraction of sp³-hybridized carbons (Fsp3) is 0.429. The number of alkyl halides is 3. The Morgan fingerprint density at radius 1 is 1.27 bits per heavy atom. The second kappa shape index (κ2) is 2.29. The summed E-state index contributed by atoms with van der Waals surface area (Å²) in [4.78, 5) is 0. The molecule has 0 fully saturated rings. The van der Waals surface area contributed by atoms with Gasteiger partial charge in [0.2, 0.25) is 0 Å². The molecule has 0 N–H and O–H groups in total. The highest BCUT2D eigenvalue weighted by atomic mass is 19.4. The molecule has 62 valence electrons. The van der Waals surface area contributed by atoms with Gasteiger partial charge in [-0.15, -0.1) is 0 Å². The number of rotatable bonds is 0. The fourth-order valence-corrected chi connectivity index (χ4v) is 0.995. The van der Waals surface area contributed by atoms with E-state index in [9.17, 15) is 13.2 Å². The SMILES string of the molecule is Cc1coc(C)c1C(F)(F)F. The van der Waals surface area contributed by atoms with Crippen molar-refractivity contribution in [2.24, 2.45) is 0 Å². The standard InChI is InChI=1S/C7H7F3O/c1-4-3-11-5(2)6(4)7(8,9)10/h3H,1-2H3. The molecule has 1 rings (SSSR count). The lowest BCUT2D eigenvalue weighted by Gasteiger charge is -2.04. The zero-order valence-corrected chi connectivity index (χ0v) is 6.12. The van der Waals surface area contributed by atoms with E-state index in [1.54, 1.807) is 0 Å². The van der Waals surface area contributed by atoms with Gasteiger partial charge in [0, 0.05) is 0 Å². The molecule has 11 heavy (non-hydrogen) atoms. The van der Waals surface area contributed by atoms with Crippen molar-refractivity contribution in [2.75, 3.05) is 0 Å². The van der Waals surface area contributed by atoms with Crippen LogP contribution in [-0.2, 0) is 6.18 Å². The molecule has 1 nitrogen and oxygen atoms in total. The number of halogens is 3. The zero-order valence-electron chi connectivity index (χ0n) is 6.12. The van der Waals surface area contributed by atoms with Gasteiger partial charge in [-0.1, -0.05) is 0 Å². The van der Waals surface area contributed by atoms with Crippen LogP contribution in [0.5, 0.6) is 0 Å². The summed E-state index contributed by atoms with van der Waals surface area (Å²) in [7, 11) is 0. The molecule has 0 aliphatic heterocycles. The maximum absolute atomic E-state index is 12.1. The Morgan fingerprint density at radius 2 is 1.82 bits per heavy atom. The molecule has 1 aromatic rings. The van der Waals surface area contributed by atoms with Gasteiger partial charge in [0.05, 0.1) is 11.8 Å². The Bertz CT molecular complexity index is 240. The van der Waals surface area contributed by atoms with Crippen molar-refractivity contribution in [3.63, 3.8) is 0 Å². The summed E-state index contributed by atoms with van der Waals surface area (Å²) in [5.41, 5.74) is -0.521. The van der Waals surface area contributed by atoms with E-state index >= 15 is 0 Å². The second-order valence-electron chi connectivity index (χ2n) is 2.35. The average molecular weight is 164 g/mol. The van der Waals surface area contributed by atoms with Gasteiger partial charge in [-0.25, -0.2) is 0 Å². The molecular formula is C7H7F3O. The molecule has 0 saturated heterocycles. The van der Waals surface area contributed by atoms with E-state index in [-0.39, 0.29) is 11.3 Å². The summed E-state index contributed by atoms with van der Waals surface area (Å²) in [6.45, 7) is 2.68. The van der Waals surface area contributed by atoms with E-state index in [2.05, 4.69) is 4.42 Å². The van der Waals surface area contributed by atoms with Crippen molar-refractivity contribution in [3.05, 3.63) is 23.2 Å². The summed E-state index contributed by atoms with van der Waals surface area (Å²) in [6.07, 6.45) is -3.18. The Hall–Kier alpha value is -0.930. The number of furan rings is 1. The molecule has 0 spiro atoms. The van der Waals surface area contributed by atoms with Crippen molar-refractivity contribution in [2.45, 2.75) is 20.0 Å². The molecule has 0 atom stereocenters. The minimum Gasteiger partial charge on any atom is -0.469 e. The van der Waals surface area contributed by atoms with Gasteiger partial charge in [-0.05, 0) is 19.4 Å². The molecule has 0 bridgehead atoms. The normalized spacial score (nSPS) is 12.1. The maximum Gasteiger partial charge on any atom is 0.420 e. The molecule has 0 aliphatic carbocycles. The third-order valence-corrected chi connectivity index (χ3v) is 1.44. The van der Waals surface area contributed by atoms with Gasteiger partial charge in [0.15, 0.2) is 0 Å². The van der Waals surface area contributed by atoms with Crippen LogP contribution in [0.25, 0.3) is 0 Å². The van der Waals surface area contributed by atoms with Crippen LogP contribution in [0.15, 0.2) is 10.7 Å². The lowest BCUT2D eigenvalue weighted by atomic mass is 10.2. The van der Waals surface area contributed by atoms with Gasteiger partial charge in [0.1, 0.15) is 5.76 Å². The third-order valence-electron chi connectivity index (χ3n) is 1.44. The quantitative estimate of drug-likeness (QED) is 0.574. The van der Waals surface area contributed by atoms with Crippen LogP contribution < -0.4 is 0 Å². The van der Waals surface area contributed by atoms with E-state index in [0.29, 0.717) is 0 Å². The summed E-state index contributed by atoms with van der Waals surface area (Å²) < 4.78 is 40.9. The van der Waals surface area contributed by atoms with E-state index in [0.717, 1.165) is 6.26 Å². The van der Waals surface area contributed by atoms with E-state index in [1.807, 2.05) is 0 Å². The van der Waals surface area contributed by atoms with Gasteiger partial charge in [0.25, 0.3) is 0 Å². The predicted octanol–water partition coefficient (Wildman–Crippen LogP) is 2.92. The topological polar surface area (TPSA) is 13.1 Å². The minimum atomic E-state index is -4.29. The molecule has 0 saturated carbocycles. The first-order valence-corrected chi connectivity index (χ1v) is 3.05. The van der Waals surface area contributed by atoms with E-state index in [4.69, 9.17) is 0 Å². The highest BCUT2D eigenvalue weighted by Gasteiger charge is 2.36. The summed E-state index contributed by atoms with van der Waals surface area (Å²) >= 11 is 0. The summed E-state index contributed by atoms with van der Waals surface area (Å²) in [5, 5.41) is 0. The summed E-state index contributed by atoms with van der Waals surface area (Å²) in [6, 6.07) is 0. The first kappa shape index (κ1) is 8.17. The van der Waals surface area contributed by atoms with Crippen LogP contribution in [0, 0.1) is 13.8 Å². The number of hydrogen-bond donors (Lipinski definition) is 0. The molecule has 1 heterocycles. The van der Waals surface area contributed by atoms with Crippen LogP contribution in [0.2, 0.25) is 0 Å². The van der Waals surface area contributed by atoms with Crippen LogP contribution in [-0.4, -0.2) is 0 Å². The van der Waals surface area contributed by atoms with Crippen LogP contribution >= 0.6 is 0 Å². The Kier molecular flexibility index (Phi) is 1.70. The van der Waals surface area contributed by atoms with Crippen molar-refractivity contribution < 1.29 is 17.6 Å². The first-order chi connectivity index (χ1) is 4.93. The molecule has 0 radical (unpaired) electrons. The Balaban J connectivity index is 3.21. The molecule has 0 unspecified atom stereocenters.